The maximum atomic E-state index is 12.9. The lowest BCUT2D eigenvalue weighted by atomic mass is 10.1. The van der Waals surface area contributed by atoms with Crippen LogP contribution < -0.4 is 14.8 Å². The monoisotopic (exact) mass is 429 g/mol. The van der Waals surface area contributed by atoms with E-state index in [1.165, 1.54) is 19.2 Å². The number of carbonyl (C=O) groups excluding carboxylic acids is 2. The molecule has 0 atom stereocenters. The van der Waals surface area contributed by atoms with Crippen molar-refractivity contribution in [2.24, 2.45) is 0 Å². The summed E-state index contributed by atoms with van der Waals surface area (Å²) in [7, 11) is 3.09. The van der Waals surface area contributed by atoms with Crippen molar-refractivity contribution >= 4 is 11.8 Å². The first kappa shape index (κ1) is 22.6. The molecule has 1 heterocycles. The van der Waals surface area contributed by atoms with Crippen LogP contribution in [0.1, 0.15) is 15.9 Å². The number of benzene rings is 2. The molecule has 1 N–H and O–H groups in total. The molecule has 2 aromatic carbocycles. The lowest BCUT2D eigenvalue weighted by Crippen LogP contribution is -2.51. The van der Waals surface area contributed by atoms with E-state index in [4.69, 9.17) is 9.47 Å². The van der Waals surface area contributed by atoms with Crippen molar-refractivity contribution in [2.45, 2.75) is 6.42 Å². The number of rotatable bonds is 8. The topological polar surface area (TPSA) is 71.1 Å². The maximum absolute atomic E-state index is 12.9. The molecule has 166 valence electrons. The number of piperazine rings is 1. The van der Waals surface area contributed by atoms with Crippen LogP contribution in [-0.2, 0) is 11.2 Å². The van der Waals surface area contributed by atoms with Crippen LogP contribution in [0.25, 0.3) is 0 Å². The van der Waals surface area contributed by atoms with Crippen molar-refractivity contribution < 1.29 is 23.5 Å². The number of halogens is 1. The van der Waals surface area contributed by atoms with Gasteiger partial charge in [0, 0.05) is 38.3 Å². The Bertz CT molecular complexity index is 896. The van der Waals surface area contributed by atoms with Gasteiger partial charge in [0.05, 0.1) is 20.8 Å². The van der Waals surface area contributed by atoms with Gasteiger partial charge < -0.3 is 19.7 Å². The van der Waals surface area contributed by atoms with E-state index in [2.05, 4.69) is 5.32 Å². The number of nitrogens with zero attached hydrogens (tertiary/aromatic N) is 2. The molecule has 0 saturated carbocycles. The quantitative estimate of drug-likeness (QED) is 0.695. The van der Waals surface area contributed by atoms with Gasteiger partial charge >= 0.3 is 0 Å². The van der Waals surface area contributed by atoms with Crippen molar-refractivity contribution in [1.29, 1.82) is 0 Å². The maximum Gasteiger partial charge on any atom is 0.254 e. The van der Waals surface area contributed by atoms with Crippen molar-refractivity contribution in [3.05, 3.63) is 59.4 Å². The minimum atomic E-state index is -0.267. The number of ether oxygens (including phenoxy) is 2. The Labute approximate surface area is 181 Å². The molecule has 0 bridgehead atoms. The molecule has 0 unspecified atom stereocenters. The molecular weight excluding hydrogens is 401 g/mol. The van der Waals surface area contributed by atoms with Crippen molar-refractivity contribution in [3.63, 3.8) is 0 Å². The number of methoxy groups -OCH3 is 2. The molecule has 31 heavy (non-hydrogen) atoms. The molecular formula is C23H28FN3O4. The average molecular weight is 429 g/mol. The van der Waals surface area contributed by atoms with Gasteiger partial charge in [0.25, 0.3) is 5.91 Å². The van der Waals surface area contributed by atoms with E-state index in [1.54, 1.807) is 42.3 Å². The second-order valence-corrected chi connectivity index (χ2v) is 7.36. The highest BCUT2D eigenvalue weighted by Crippen LogP contribution is 2.28. The van der Waals surface area contributed by atoms with Crippen LogP contribution in [0.15, 0.2) is 42.5 Å². The van der Waals surface area contributed by atoms with Gasteiger partial charge in [-0.25, -0.2) is 4.39 Å². The Kier molecular flexibility index (Phi) is 7.83. The summed E-state index contributed by atoms with van der Waals surface area (Å²) in [5, 5.41) is 2.90. The molecule has 1 aliphatic heterocycles. The van der Waals surface area contributed by atoms with E-state index >= 15 is 0 Å². The summed E-state index contributed by atoms with van der Waals surface area (Å²) in [6, 6.07) is 11.4. The van der Waals surface area contributed by atoms with E-state index in [-0.39, 0.29) is 17.6 Å². The fourth-order valence-electron chi connectivity index (χ4n) is 3.52. The lowest BCUT2D eigenvalue weighted by molar-refractivity contribution is -0.122. The number of carbonyl (C=O) groups is 2. The molecule has 1 fully saturated rings. The second-order valence-electron chi connectivity index (χ2n) is 7.36. The van der Waals surface area contributed by atoms with Gasteiger partial charge in [0.15, 0.2) is 11.5 Å². The first-order valence-electron chi connectivity index (χ1n) is 10.2. The van der Waals surface area contributed by atoms with Crippen LogP contribution in [0.3, 0.4) is 0 Å². The van der Waals surface area contributed by atoms with Crippen LogP contribution in [0, 0.1) is 5.82 Å². The third kappa shape index (κ3) is 6.18. The Morgan fingerprint density at radius 3 is 2.29 bits per heavy atom. The molecule has 8 heteroatoms. The molecule has 2 amide bonds. The summed E-state index contributed by atoms with van der Waals surface area (Å²) >= 11 is 0. The zero-order chi connectivity index (χ0) is 22.2. The van der Waals surface area contributed by atoms with Crippen LogP contribution in [-0.4, -0.2) is 75.1 Å². The van der Waals surface area contributed by atoms with E-state index in [9.17, 15) is 14.0 Å². The van der Waals surface area contributed by atoms with E-state index < -0.39 is 0 Å². The second kappa shape index (κ2) is 10.8. The van der Waals surface area contributed by atoms with Gasteiger partial charge in [0.1, 0.15) is 5.82 Å². The predicted octanol–water partition coefficient (Wildman–Crippen LogP) is 1.96. The fraction of sp³-hybridized carbons (Fsp3) is 0.391. The third-order valence-electron chi connectivity index (χ3n) is 5.31. The van der Waals surface area contributed by atoms with E-state index in [0.717, 1.165) is 5.56 Å². The van der Waals surface area contributed by atoms with Crippen LogP contribution in [0.5, 0.6) is 11.5 Å². The summed E-state index contributed by atoms with van der Waals surface area (Å²) < 4.78 is 23.4. The number of nitrogens with one attached hydrogen (secondary N) is 1. The Morgan fingerprint density at radius 1 is 0.968 bits per heavy atom. The first-order valence-corrected chi connectivity index (χ1v) is 10.2. The highest BCUT2D eigenvalue weighted by atomic mass is 19.1. The number of amides is 2. The van der Waals surface area contributed by atoms with Crippen molar-refractivity contribution in [2.75, 3.05) is 53.5 Å². The summed E-state index contributed by atoms with van der Waals surface area (Å²) in [5.74, 6) is 0.710. The summed E-state index contributed by atoms with van der Waals surface area (Å²) in [4.78, 5) is 28.8. The van der Waals surface area contributed by atoms with Crippen molar-refractivity contribution in [1.82, 2.24) is 15.1 Å². The molecule has 0 aromatic heterocycles. The Balaban J connectivity index is 1.42. The van der Waals surface area contributed by atoms with Gasteiger partial charge in [-0.2, -0.15) is 0 Å². The van der Waals surface area contributed by atoms with Gasteiger partial charge in [0.2, 0.25) is 5.91 Å². The zero-order valence-electron chi connectivity index (χ0n) is 17.9. The molecule has 1 saturated heterocycles. The predicted molar refractivity (Wildman–Crippen MR) is 115 cm³/mol. The SMILES string of the molecule is COc1ccc(C(=O)N2CCN(CC(=O)NCCc3ccc(F)cc3)CC2)cc1OC. The Hall–Kier alpha value is -3.13. The van der Waals surface area contributed by atoms with E-state index in [0.29, 0.717) is 62.8 Å². The highest BCUT2D eigenvalue weighted by molar-refractivity contribution is 5.95. The minimum absolute atomic E-state index is 0.0539. The van der Waals surface area contributed by atoms with Gasteiger partial charge in [-0.05, 0) is 42.3 Å². The fourth-order valence-corrected chi connectivity index (χ4v) is 3.52. The molecule has 0 radical (unpaired) electrons. The lowest BCUT2D eigenvalue weighted by Gasteiger charge is -2.34. The standard InChI is InChI=1S/C23H28FN3O4/c1-30-20-8-5-18(15-21(20)31-2)23(29)27-13-11-26(12-14-27)16-22(28)25-10-9-17-3-6-19(24)7-4-17/h3-8,15H,9-14,16H2,1-2H3,(H,25,28). The Morgan fingerprint density at radius 2 is 1.65 bits per heavy atom. The van der Waals surface area contributed by atoms with E-state index in [1.807, 2.05) is 4.90 Å². The molecule has 2 aromatic rings. The molecule has 1 aliphatic rings. The molecule has 3 rings (SSSR count). The van der Waals surface area contributed by atoms with Gasteiger partial charge in [-0.3, -0.25) is 14.5 Å². The van der Waals surface area contributed by atoms with Crippen LogP contribution in [0.4, 0.5) is 4.39 Å². The summed E-state index contributed by atoms with van der Waals surface area (Å²) in [5.41, 5.74) is 1.52. The molecule has 0 aliphatic carbocycles. The van der Waals surface area contributed by atoms with Gasteiger partial charge in [-0.15, -0.1) is 0 Å². The normalized spacial score (nSPS) is 14.2. The van der Waals surface area contributed by atoms with Gasteiger partial charge in [-0.1, -0.05) is 12.1 Å². The van der Waals surface area contributed by atoms with Crippen LogP contribution >= 0.6 is 0 Å². The third-order valence-corrected chi connectivity index (χ3v) is 5.31. The minimum Gasteiger partial charge on any atom is -0.493 e. The highest BCUT2D eigenvalue weighted by Gasteiger charge is 2.24. The largest absolute Gasteiger partial charge is 0.493 e. The summed E-state index contributed by atoms with van der Waals surface area (Å²) in [6.07, 6.45) is 0.652. The molecule has 0 spiro atoms. The zero-order valence-corrected chi connectivity index (χ0v) is 17.9. The summed E-state index contributed by atoms with van der Waals surface area (Å²) in [6.45, 7) is 3.16. The average Bonchev–Trinajstić information content (AvgIpc) is 2.80. The molecule has 7 nitrogen and oxygen atoms in total. The first-order chi connectivity index (χ1) is 15.0. The number of hydrogen-bond donors (Lipinski definition) is 1. The van der Waals surface area contributed by atoms with Crippen LogP contribution in [0.2, 0.25) is 0 Å². The number of hydrogen-bond acceptors (Lipinski definition) is 5. The van der Waals surface area contributed by atoms with Crippen molar-refractivity contribution in [3.8, 4) is 11.5 Å². The smallest absolute Gasteiger partial charge is 0.254 e.